The first-order chi connectivity index (χ1) is 22.9. The van der Waals surface area contributed by atoms with Crippen molar-refractivity contribution < 1.29 is 27.5 Å². The van der Waals surface area contributed by atoms with Crippen LogP contribution in [0.2, 0.25) is 10.0 Å². The van der Waals surface area contributed by atoms with Crippen LogP contribution in [0, 0.1) is 13.8 Å². The summed E-state index contributed by atoms with van der Waals surface area (Å²) in [6.07, 6.45) is 0.186. The highest BCUT2D eigenvalue weighted by atomic mass is 35.5. The number of halogens is 2. The highest BCUT2D eigenvalue weighted by Gasteiger charge is 2.35. The number of carbonyl (C=O) groups is 2. The Bertz CT molecular complexity index is 1850. The van der Waals surface area contributed by atoms with Crippen molar-refractivity contribution in [2.75, 3.05) is 31.6 Å². The molecule has 1 atom stereocenters. The third-order valence-electron chi connectivity index (χ3n) is 7.68. The summed E-state index contributed by atoms with van der Waals surface area (Å²) in [7, 11) is -1.50. The molecule has 0 fully saturated rings. The van der Waals surface area contributed by atoms with Crippen LogP contribution in [-0.2, 0) is 32.6 Å². The van der Waals surface area contributed by atoms with Crippen LogP contribution in [0.25, 0.3) is 0 Å². The maximum absolute atomic E-state index is 14.6. The standard InChI is InChI=1S/C36H39Cl2N3O6S/c1-6-39-36(43)32(20-26-10-8-7-9-11-26)40(22-27-12-14-30(37)31(38)19-27)35(42)23-41(28-17-24(2)16-25(3)18-28)48(44,45)29-13-15-33(46-4)34(21-29)47-5/h7-19,21,32H,6,20,22-23H2,1-5H3,(H,39,43)/t32-/m1/s1. The van der Waals surface area contributed by atoms with E-state index in [2.05, 4.69) is 5.32 Å². The number of ether oxygens (including phenoxy) is 2. The average molecular weight is 713 g/mol. The van der Waals surface area contributed by atoms with Crippen LogP contribution in [0.4, 0.5) is 5.69 Å². The summed E-state index contributed by atoms with van der Waals surface area (Å²) in [5, 5.41) is 3.47. The van der Waals surface area contributed by atoms with Gasteiger partial charge in [0.15, 0.2) is 11.5 Å². The van der Waals surface area contributed by atoms with Gasteiger partial charge in [0, 0.05) is 25.6 Å². The number of rotatable bonds is 14. The van der Waals surface area contributed by atoms with Gasteiger partial charge in [-0.05, 0) is 79.4 Å². The molecule has 0 radical (unpaired) electrons. The molecule has 0 heterocycles. The van der Waals surface area contributed by atoms with Crippen molar-refractivity contribution in [2.45, 2.75) is 44.7 Å². The Hall–Kier alpha value is -4.25. The first kappa shape index (κ1) is 36.6. The van der Waals surface area contributed by atoms with Gasteiger partial charge >= 0.3 is 0 Å². The summed E-state index contributed by atoms with van der Waals surface area (Å²) >= 11 is 12.5. The van der Waals surface area contributed by atoms with E-state index in [1.54, 1.807) is 37.3 Å². The van der Waals surface area contributed by atoms with E-state index in [-0.39, 0.29) is 34.5 Å². The molecule has 0 bridgehead atoms. The Balaban J connectivity index is 1.86. The lowest BCUT2D eigenvalue weighted by atomic mass is 10.0. The van der Waals surface area contributed by atoms with Gasteiger partial charge in [-0.1, -0.05) is 65.7 Å². The van der Waals surface area contributed by atoms with E-state index in [0.717, 1.165) is 21.0 Å². The fourth-order valence-corrected chi connectivity index (χ4v) is 7.14. The quantitative estimate of drug-likeness (QED) is 0.158. The zero-order chi connectivity index (χ0) is 35.0. The first-order valence-electron chi connectivity index (χ1n) is 15.3. The zero-order valence-corrected chi connectivity index (χ0v) is 29.8. The van der Waals surface area contributed by atoms with Gasteiger partial charge in [-0.15, -0.1) is 0 Å². The van der Waals surface area contributed by atoms with Crippen LogP contribution in [-0.4, -0.2) is 58.5 Å². The summed E-state index contributed by atoms with van der Waals surface area (Å²) in [4.78, 5) is 29.6. The van der Waals surface area contributed by atoms with E-state index in [1.807, 2.05) is 50.2 Å². The van der Waals surface area contributed by atoms with Crippen molar-refractivity contribution in [2.24, 2.45) is 0 Å². The molecule has 254 valence electrons. The maximum atomic E-state index is 14.6. The van der Waals surface area contributed by atoms with Crippen molar-refractivity contribution in [3.8, 4) is 11.5 Å². The lowest BCUT2D eigenvalue weighted by molar-refractivity contribution is -0.140. The second-order valence-electron chi connectivity index (χ2n) is 11.2. The number of nitrogens with zero attached hydrogens (tertiary/aromatic N) is 2. The topological polar surface area (TPSA) is 105 Å². The fourth-order valence-electron chi connectivity index (χ4n) is 5.41. The van der Waals surface area contributed by atoms with Gasteiger partial charge in [-0.2, -0.15) is 0 Å². The van der Waals surface area contributed by atoms with Crippen LogP contribution in [0.3, 0.4) is 0 Å². The highest BCUT2D eigenvalue weighted by molar-refractivity contribution is 7.92. The third-order valence-corrected chi connectivity index (χ3v) is 10.2. The van der Waals surface area contributed by atoms with Crippen molar-refractivity contribution >= 4 is 50.7 Å². The monoisotopic (exact) mass is 711 g/mol. The van der Waals surface area contributed by atoms with E-state index in [4.69, 9.17) is 32.7 Å². The number of sulfonamides is 1. The van der Waals surface area contributed by atoms with Gasteiger partial charge < -0.3 is 19.7 Å². The summed E-state index contributed by atoms with van der Waals surface area (Å²) in [6.45, 7) is 5.18. The van der Waals surface area contributed by atoms with Gasteiger partial charge in [0.1, 0.15) is 12.6 Å². The lowest BCUT2D eigenvalue weighted by Gasteiger charge is -2.34. The molecule has 4 aromatic rings. The van der Waals surface area contributed by atoms with Crippen LogP contribution >= 0.6 is 23.2 Å². The minimum absolute atomic E-state index is 0.0402. The van der Waals surface area contributed by atoms with E-state index >= 15 is 0 Å². The molecule has 1 N–H and O–H groups in total. The Morgan fingerprint density at radius 2 is 1.48 bits per heavy atom. The Morgan fingerprint density at radius 3 is 2.08 bits per heavy atom. The molecule has 9 nitrogen and oxygen atoms in total. The number of benzene rings is 4. The summed E-state index contributed by atoms with van der Waals surface area (Å²) in [6, 6.07) is 22.9. The molecule has 48 heavy (non-hydrogen) atoms. The third kappa shape index (κ3) is 8.80. The number of likely N-dealkylation sites (N-methyl/N-ethyl adjacent to an activating group) is 1. The zero-order valence-electron chi connectivity index (χ0n) is 27.5. The molecular weight excluding hydrogens is 673 g/mol. The molecular formula is C36H39Cl2N3O6S. The van der Waals surface area contributed by atoms with Gasteiger partial charge in [0.2, 0.25) is 11.8 Å². The van der Waals surface area contributed by atoms with Gasteiger partial charge in [0.05, 0.1) is 34.8 Å². The number of carbonyl (C=O) groups excluding carboxylic acids is 2. The number of methoxy groups -OCH3 is 2. The molecule has 4 aromatic carbocycles. The number of nitrogens with one attached hydrogen (secondary N) is 1. The maximum Gasteiger partial charge on any atom is 0.264 e. The van der Waals surface area contributed by atoms with Crippen molar-refractivity contribution in [3.63, 3.8) is 0 Å². The molecule has 2 amide bonds. The summed E-state index contributed by atoms with van der Waals surface area (Å²) in [5.74, 6) is -0.415. The number of anilines is 1. The predicted molar refractivity (Wildman–Crippen MR) is 190 cm³/mol. The Morgan fingerprint density at radius 1 is 0.812 bits per heavy atom. The molecule has 0 unspecified atom stereocenters. The van der Waals surface area contributed by atoms with Crippen LogP contribution in [0.15, 0.2) is 89.8 Å². The van der Waals surface area contributed by atoms with Crippen molar-refractivity contribution in [3.05, 3.63) is 117 Å². The summed E-state index contributed by atoms with van der Waals surface area (Å²) in [5.41, 5.74) is 3.34. The predicted octanol–water partition coefficient (Wildman–Crippen LogP) is 6.60. The lowest BCUT2D eigenvalue weighted by Crippen LogP contribution is -2.53. The second kappa shape index (κ2) is 16.2. The normalized spacial score (nSPS) is 11.8. The van der Waals surface area contributed by atoms with Crippen molar-refractivity contribution in [1.29, 1.82) is 0 Å². The first-order valence-corrected chi connectivity index (χ1v) is 17.5. The number of amides is 2. The van der Waals surface area contributed by atoms with E-state index in [1.165, 1.54) is 37.3 Å². The molecule has 0 aliphatic carbocycles. The molecule has 0 aliphatic rings. The molecule has 0 aliphatic heterocycles. The number of hydrogen-bond donors (Lipinski definition) is 1. The Labute approximate surface area is 292 Å². The van der Waals surface area contributed by atoms with Gasteiger partial charge in [0.25, 0.3) is 10.0 Å². The smallest absolute Gasteiger partial charge is 0.264 e. The van der Waals surface area contributed by atoms with Gasteiger partial charge in [-0.3, -0.25) is 13.9 Å². The van der Waals surface area contributed by atoms with Crippen LogP contribution in [0.5, 0.6) is 11.5 Å². The minimum Gasteiger partial charge on any atom is -0.493 e. The molecule has 4 rings (SSSR count). The molecule has 0 saturated heterocycles. The highest BCUT2D eigenvalue weighted by Crippen LogP contribution is 2.33. The van der Waals surface area contributed by atoms with Crippen LogP contribution in [0.1, 0.15) is 29.2 Å². The number of aryl methyl sites for hydroxylation is 2. The van der Waals surface area contributed by atoms with E-state index < -0.39 is 28.5 Å². The van der Waals surface area contributed by atoms with E-state index in [9.17, 15) is 18.0 Å². The molecule has 12 heteroatoms. The van der Waals surface area contributed by atoms with E-state index in [0.29, 0.717) is 28.6 Å². The fraction of sp³-hybridized carbons (Fsp3) is 0.278. The minimum atomic E-state index is -4.36. The average Bonchev–Trinajstić information content (AvgIpc) is 3.06. The molecule has 0 saturated carbocycles. The number of hydrogen-bond acceptors (Lipinski definition) is 6. The second-order valence-corrected chi connectivity index (χ2v) is 13.9. The molecule has 0 aromatic heterocycles. The Kier molecular flexibility index (Phi) is 12.4. The van der Waals surface area contributed by atoms with Crippen LogP contribution < -0.4 is 19.1 Å². The largest absolute Gasteiger partial charge is 0.493 e. The molecule has 0 spiro atoms. The van der Waals surface area contributed by atoms with Crippen molar-refractivity contribution in [1.82, 2.24) is 10.2 Å². The summed E-state index contributed by atoms with van der Waals surface area (Å²) < 4.78 is 40.7. The SMILES string of the molecule is CCNC(=O)[C@@H](Cc1ccccc1)N(Cc1ccc(Cl)c(Cl)c1)C(=O)CN(c1cc(C)cc(C)c1)S(=O)(=O)c1ccc(OC)c(OC)c1. The van der Waals surface area contributed by atoms with Gasteiger partial charge in [-0.25, -0.2) is 8.42 Å².